The number of fused-ring (bicyclic) bond motifs is 1. The molecule has 3 aromatic rings. The minimum Gasteiger partial charge on any atom is -0.387 e. The average molecular weight is 376 g/mol. The molecule has 0 amide bonds. The minimum absolute atomic E-state index is 0. The van der Waals surface area contributed by atoms with Crippen LogP contribution < -0.4 is 11.3 Å². The summed E-state index contributed by atoms with van der Waals surface area (Å²) >= 11 is 0. The summed E-state index contributed by atoms with van der Waals surface area (Å²) in [6, 6.07) is 9.84. The van der Waals surface area contributed by atoms with Crippen LogP contribution in [0.25, 0.3) is 11.2 Å². The number of nitrogens with two attached hydrogens (primary N) is 1. The highest BCUT2D eigenvalue weighted by molar-refractivity contribution is 5.85. The summed E-state index contributed by atoms with van der Waals surface area (Å²) in [5, 5.41) is 10.1. The molecule has 8 heteroatoms. The summed E-state index contributed by atoms with van der Waals surface area (Å²) in [5.41, 5.74) is 7.42. The second-order valence-electron chi connectivity index (χ2n) is 5.93. The molecule has 0 saturated carbocycles. The highest BCUT2D eigenvalue weighted by atomic mass is 35.5. The van der Waals surface area contributed by atoms with Crippen LogP contribution in [0.4, 0.5) is 5.95 Å². The molecule has 26 heavy (non-hydrogen) atoms. The zero-order valence-electron chi connectivity index (χ0n) is 14.5. The van der Waals surface area contributed by atoms with Gasteiger partial charge in [-0.15, -0.1) is 12.4 Å². The van der Waals surface area contributed by atoms with E-state index in [4.69, 9.17) is 5.73 Å². The lowest BCUT2D eigenvalue weighted by Gasteiger charge is -2.12. The summed E-state index contributed by atoms with van der Waals surface area (Å²) in [7, 11) is 0. The summed E-state index contributed by atoms with van der Waals surface area (Å²) in [5.74, 6) is 0.115. The van der Waals surface area contributed by atoms with Gasteiger partial charge in [0.25, 0.3) is 5.56 Å². The number of halogens is 1. The van der Waals surface area contributed by atoms with E-state index in [2.05, 4.69) is 15.0 Å². The van der Waals surface area contributed by atoms with Crippen LogP contribution in [0.5, 0.6) is 0 Å². The third-order valence-electron chi connectivity index (χ3n) is 4.09. The Labute approximate surface area is 157 Å². The van der Waals surface area contributed by atoms with Crippen LogP contribution in [0.3, 0.4) is 0 Å². The summed E-state index contributed by atoms with van der Waals surface area (Å²) in [4.78, 5) is 25.4. The number of nitrogens with zero attached hydrogens (tertiary/aromatic N) is 4. The lowest BCUT2D eigenvalue weighted by molar-refractivity contribution is 0.161. The number of hydrogen-bond donors (Lipinski definition) is 2. The Balaban J connectivity index is 0.00000243. The molecule has 0 radical (unpaired) electrons. The fraction of sp³-hybridized carbons (Fsp3) is 0.333. The Morgan fingerprint density at radius 3 is 2.65 bits per heavy atom. The van der Waals surface area contributed by atoms with Crippen molar-refractivity contribution in [1.29, 1.82) is 0 Å². The van der Waals surface area contributed by atoms with Crippen LogP contribution in [0, 0.1) is 0 Å². The van der Waals surface area contributed by atoms with Crippen molar-refractivity contribution in [2.75, 3.05) is 5.73 Å². The number of benzene rings is 1. The van der Waals surface area contributed by atoms with Crippen LogP contribution in [-0.2, 0) is 13.0 Å². The van der Waals surface area contributed by atoms with Crippen LogP contribution in [0.2, 0.25) is 0 Å². The van der Waals surface area contributed by atoms with Gasteiger partial charge in [-0.3, -0.25) is 9.36 Å². The molecule has 2 aromatic heterocycles. The molecule has 0 bridgehead atoms. The van der Waals surface area contributed by atoms with E-state index in [0.717, 1.165) is 12.0 Å². The van der Waals surface area contributed by atoms with E-state index >= 15 is 0 Å². The van der Waals surface area contributed by atoms with Crippen LogP contribution in [-0.4, -0.2) is 24.6 Å². The van der Waals surface area contributed by atoms with Crippen LogP contribution >= 0.6 is 12.4 Å². The predicted molar refractivity (Wildman–Crippen MR) is 103 cm³/mol. The fourth-order valence-electron chi connectivity index (χ4n) is 2.71. The fourth-order valence-corrected chi connectivity index (χ4v) is 2.71. The zero-order chi connectivity index (χ0) is 17.8. The second kappa shape index (κ2) is 8.73. The number of nitrogen functional groups attached to an aromatic ring is 1. The third kappa shape index (κ3) is 4.17. The molecule has 0 unspecified atom stereocenters. The Bertz CT molecular complexity index is 930. The van der Waals surface area contributed by atoms with Gasteiger partial charge in [0.2, 0.25) is 5.95 Å². The maximum atomic E-state index is 12.8. The van der Waals surface area contributed by atoms with Crippen molar-refractivity contribution in [2.24, 2.45) is 0 Å². The molecule has 0 aliphatic heterocycles. The Hall–Kier alpha value is -2.51. The smallest absolute Gasteiger partial charge is 0.283 e. The van der Waals surface area contributed by atoms with Gasteiger partial charge in [-0.1, -0.05) is 43.7 Å². The topological polar surface area (TPSA) is 107 Å². The van der Waals surface area contributed by atoms with E-state index < -0.39 is 6.10 Å². The molecular weight excluding hydrogens is 354 g/mol. The molecular formula is C18H22ClN5O2. The van der Waals surface area contributed by atoms with Gasteiger partial charge in [0.15, 0.2) is 11.2 Å². The number of aryl methyl sites for hydroxylation is 1. The molecule has 0 fully saturated rings. The van der Waals surface area contributed by atoms with Gasteiger partial charge in [0.05, 0.1) is 18.0 Å². The molecule has 3 rings (SSSR count). The van der Waals surface area contributed by atoms with E-state index in [0.29, 0.717) is 25.1 Å². The molecule has 2 heterocycles. The van der Waals surface area contributed by atoms with E-state index in [1.165, 1.54) is 10.8 Å². The average Bonchev–Trinajstić information content (AvgIpc) is 2.62. The first-order valence-corrected chi connectivity index (χ1v) is 8.35. The van der Waals surface area contributed by atoms with Crippen LogP contribution in [0.15, 0.2) is 41.3 Å². The molecule has 1 aromatic carbocycles. The van der Waals surface area contributed by atoms with Crippen molar-refractivity contribution in [2.45, 2.75) is 38.8 Å². The molecule has 0 aliphatic carbocycles. The highest BCUT2D eigenvalue weighted by Crippen LogP contribution is 2.16. The van der Waals surface area contributed by atoms with E-state index in [9.17, 15) is 9.90 Å². The van der Waals surface area contributed by atoms with Gasteiger partial charge in [0.1, 0.15) is 0 Å². The molecule has 7 nitrogen and oxygen atoms in total. The first-order valence-electron chi connectivity index (χ1n) is 8.35. The first-order chi connectivity index (χ1) is 12.1. The lowest BCUT2D eigenvalue weighted by atomic mass is 10.1. The van der Waals surface area contributed by atoms with Crippen molar-refractivity contribution < 1.29 is 5.11 Å². The quantitative estimate of drug-likeness (QED) is 0.684. The van der Waals surface area contributed by atoms with Crippen molar-refractivity contribution in [3.05, 3.63) is 58.1 Å². The monoisotopic (exact) mass is 375 g/mol. The van der Waals surface area contributed by atoms with E-state index in [1.54, 1.807) is 0 Å². The van der Waals surface area contributed by atoms with E-state index in [1.807, 2.05) is 37.3 Å². The molecule has 0 spiro atoms. The summed E-state index contributed by atoms with van der Waals surface area (Å²) < 4.78 is 1.40. The first kappa shape index (κ1) is 19.8. The Kier molecular flexibility index (Phi) is 6.65. The lowest BCUT2D eigenvalue weighted by Crippen LogP contribution is -2.27. The number of hydrogen-bond acceptors (Lipinski definition) is 6. The number of aliphatic hydroxyl groups is 1. The van der Waals surface area contributed by atoms with Crippen molar-refractivity contribution in [3.63, 3.8) is 0 Å². The normalized spacial score (nSPS) is 11.9. The zero-order valence-corrected chi connectivity index (χ0v) is 15.3. The third-order valence-corrected chi connectivity index (χ3v) is 4.09. The molecule has 138 valence electrons. The maximum Gasteiger partial charge on any atom is 0.283 e. The summed E-state index contributed by atoms with van der Waals surface area (Å²) in [6.45, 7) is 2.37. The summed E-state index contributed by atoms with van der Waals surface area (Å²) in [6.07, 6.45) is 2.73. The second-order valence-corrected chi connectivity index (χ2v) is 5.93. The van der Waals surface area contributed by atoms with Crippen LogP contribution in [0.1, 0.15) is 37.1 Å². The van der Waals surface area contributed by atoms with Crippen molar-refractivity contribution >= 4 is 29.5 Å². The number of aliphatic hydroxyl groups excluding tert-OH is 1. The van der Waals surface area contributed by atoms with Gasteiger partial charge >= 0.3 is 0 Å². The Morgan fingerprint density at radius 2 is 1.96 bits per heavy atom. The minimum atomic E-state index is -0.739. The SMILES string of the molecule is CCC[C@@H](O)c1cnc2nc(N)n(CCc3ccccc3)c(=O)c2n1.Cl. The van der Waals surface area contributed by atoms with Gasteiger partial charge in [-0.2, -0.15) is 4.98 Å². The molecule has 3 N–H and O–H groups in total. The highest BCUT2D eigenvalue weighted by Gasteiger charge is 2.15. The number of anilines is 1. The predicted octanol–water partition coefficient (Wildman–Crippen LogP) is 2.27. The molecule has 1 atom stereocenters. The number of aromatic nitrogens is 4. The Morgan fingerprint density at radius 1 is 1.23 bits per heavy atom. The standard InChI is InChI=1S/C18H21N5O2.ClH/c1-2-6-14(24)13-11-20-16-15(21-13)17(25)23(18(19)22-16)10-9-12-7-4-3-5-8-12;/h3-5,7-8,11,14,24H,2,6,9-10H2,1H3,(H2,19,20,22);1H/t14-;/m1./s1. The van der Waals surface area contributed by atoms with Crippen molar-refractivity contribution in [1.82, 2.24) is 19.5 Å². The molecule has 0 saturated heterocycles. The van der Waals surface area contributed by atoms with Gasteiger partial charge in [-0.05, 0) is 18.4 Å². The van der Waals surface area contributed by atoms with Gasteiger partial charge < -0.3 is 10.8 Å². The van der Waals surface area contributed by atoms with Gasteiger partial charge in [-0.25, -0.2) is 9.97 Å². The van der Waals surface area contributed by atoms with Crippen molar-refractivity contribution in [3.8, 4) is 0 Å². The maximum absolute atomic E-state index is 12.8. The number of rotatable bonds is 6. The van der Waals surface area contributed by atoms with E-state index in [-0.39, 0.29) is 35.1 Å². The largest absolute Gasteiger partial charge is 0.387 e. The molecule has 0 aliphatic rings. The van der Waals surface area contributed by atoms with Gasteiger partial charge in [0, 0.05) is 6.54 Å².